The number of fused-ring (bicyclic) bond motifs is 1. The molecule has 0 amide bonds. The predicted molar refractivity (Wildman–Crippen MR) is 86.3 cm³/mol. The van der Waals surface area contributed by atoms with Crippen LogP contribution in [0.2, 0.25) is 0 Å². The van der Waals surface area contributed by atoms with E-state index in [1.807, 2.05) is 0 Å². The van der Waals surface area contributed by atoms with Crippen LogP contribution >= 0.6 is 0 Å². The summed E-state index contributed by atoms with van der Waals surface area (Å²) in [5.41, 5.74) is 7.58. The molecule has 20 heavy (non-hydrogen) atoms. The smallest absolute Gasteiger partial charge is 0.519 e. The van der Waals surface area contributed by atoms with E-state index in [-0.39, 0.29) is 7.05 Å². The average molecular weight is 265 g/mol. The molecule has 2 aromatic rings. The molecule has 0 radical (unpaired) electrons. The molecule has 2 aromatic carbocycles. The number of hydrogen-bond acceptors (Lipinski definition) is 2. The highest BCUT2D eigenvalue weighted by molar-refractivity contribution is 6.73. The second-order valence-electron chi connectivity index (χ2n) is 5.86. The van der Waals surface area contributed by atoms with Crippen molar-refractivity contribution in [2.24, 2.45) is 0 Å². The zero-order chi connectivity index (χ0) is 14.4. The van der Waals surface area contributed by atoms with Crippen LogP contribution in [-0.2, 0) is 0 Å². The van der Waals surface area contributed by atoms with E-state index in [4.69, 9.17) is 4.65 Å². The summed E-state index contributed by atoms with van der Waals surface area (Å²) < 4.78 is 6.21. The molecule has 3 rings (SSSR count). The fraction of sp³-hybridized carbons (Fsp3) is 0.294. The molecule has 0 fully saturated rings. The van der Waals surface area contributed by atoms with Gasteiger partial charge >= 0.3 is 7.05 Å². The monoisotopic (exact) mass is 265 g/mol. The average Bonchev–Trinajstić information content (AvgIpc) is 2.65. The Morgan fingerprint density at radius 3 is 2.20 bits per heavy atom. The minimum Gasteiger partial charge on any atom is -0.536 e. The van der Waals surface area contributed by atoms with Gasteiger partial charge in [-0.15, -0.1) is 0 Å². The summed E-state index contributed by atoms with van der Waals surface area (Å²) in [5, 5.41) is 0. The Morgan fingerprint density at radius 2 is 1.55 bits per heavy atom. The second kappa shape index (κ2) is 4.59. The molecule has 0 aromatic heterocycles. The van der Waals surface area contributed by atoms with Crippen molar-refractivity contribution in [3.8, 4) is 5.75 Å². The van der Waals surface area contributed by atoms with Gasteiger partial charge in [0.2, 0.25) is 0 Å². The van der Waals surface area contributed by atoms with E-state index >= 15 is 0 Å². The minimum atomic E-state index is -0.0209. The number of hydrogen-bond donors (Lipinski definition) is 0. The molecule has 0 bridgehead atoms. The number of rotatable bonds is 1. The third-order valence-corrected chi connectivity index (χ3v) is 4.07. The van der Waals surface area contributed by atoms with Crippen molar-refractivity contribution >= 4 is 18.2 Å². The van der Waals surface area contributed by atoms with Crippen LogP contribution in [-0.4, -0.2) is 14.1 Å². The first-order valence-electron chi connectivity index (χ1n) is 7.05. The maximum atomic E-state index is 6.21. The van der Waals surface area contributed by atoms with Crippen molar-refractivity contribution in [3.05, 3.63) is 52.6 Å². The summed E-state index contributed by atoms with van der Waals surface area (Å²) in [5.74, 6) is 0.983. The largest absolute Gasteiger partial charge is 0.536 e. The number of aryl methyl sites for hydroxylation is 4. The lowest BCUT2D eigenvalue weighted by Gasteiger charge is -2.20. The van der Waals surface area contributed by atoms with Crippen molar-refractivity contribution < 1.29 is 4.65 Å². The fourth-order valence-corrected chi connectivity index (χ4v) is 3.17. The summed E-state index contributed by atoms with van der Waals surface area (Å²) in [6, 6.07) is 10.9. The van der Waals surface area contributed by atoms with Crippen molar-refractivity contribution in [2.75, 3.05) is 11.9 Å². The van der Waals surface area contributed by atoms with E-state index in [2.05, 4.69) is 69.9 Å². The Bertz CT molecular complexity index is 658. The topological polar surface area (TPSA) is 12.5 Å². The van der Waals surface area contributed by atoms with E-state index in [9.17, 15) is 0 Å². The maximum Gasteiger partial charge on any atom is 0.519 e. The van der Waals surface area contributed by atoms with Gasteiger partial charge in [-0.05, 0) is 57.9 Å². The lowest BCUT2D eigenvalue weighted by molar-refractivity contribution is 0.601. The Hall–Kier alpha value is -1.90. The van der Waals surface area contributed by atoms with Gasteiger partial charge in [0.25, 0.3) is 0 Å². The minimum absolute atomic E-state index is 0.0209. The molecule has 1 aliphatic heterocycles. The summed E-state index contributed by atoms with van der Waals surface area (Å²) in [4.78, 5) is 2.22. The van der Waals surface area contributed by atoms with Gasteiger partial charge in [-0.1, -0.05) is 34.9 Å². The highest BCUT2D eigenvalue weighted by Crippen LogP contribution is 2.35. The predicted octanol–water partition coefficient (Wildman–Crippen LogP) is 3.14. The lowest BCUT2D eigenvalue weighted by Crippen LogP contribution is -2.49. The third-order valence-electron chi connectivity index (χ3n) is 4.07. The van der Waals surface area contributed by atoms with Gasteiger partial charge in [0.15, 0.2) is 0 Å². The standard InChI is InChI=1S/C17H20BNO/c1-11-6-7-15-16(10-11)20-18(19(15)5)17-13(3)8-12(2)9-14(17)4/h6-10H,1-5H3. The van der Waals surface area contributed by atoms with E-state index < -0.39 is 0 Å². The van der Waals surface area contributed by atoms with Crippen LogP contribution in [0.15, 0.2) is 30.3 Å². The van der Waals surface area contributed by atoms with Crippen LogP contribution in [0.25, 0.3) is 0 Å². The van der Waals surface area contributed by atoms with E-state index in [1.54, 1.807) is 0 Å². The van der Waals surface area contributed by atoms with Crippen LogP contribution in [0, 0.1) is 27.7 Å². The van der Waals surface area contributed by atoms with Crippen LogP contribution in [0.1, 0.15) is 22.3 Å². The first-order valence-corrected chi connectivity index (χ1v) is 7.05. The molecule has 0 aliphatic carbocycles. The van der Waals surface area contributed by atoms with Gasteiger partial charge in [-0.25, -0.2) is 0 Å². The molecule has 0 saturated carbocycles. The van der Waals surface area contributed by atoms with Gasteiger partial charge in [-0.2, -0.15) is 0 Å². The Kier molecular flexibility index (Phi) is 3.00. The van der Waals surface area contributed by atoms with Gasteiger partial charge in [-0.3, -0.25) is 0 Å². The molecule has 0 spiro atoms. The van der Waals surface area contributed by atoms with E-state index in [0.29, 0.717) is 0 Å². The van der Waals surface area contributed by atoms with Gasteiger partial charge in [0.1, 0.15) is 5.75 Å². The van der Waals surface area contributed by atoms with Crippen molar-refractivity contribution in [1.29, 1.82) is 0 Å². The van der Waals surface area contributed by atoms with Crippen LogP contribution in [0.5, 0.6) is 5.75 Å². The van der Waals surface area contributed by atoms with Crippen LogP contribution in [0.3, 0.4) is 0 Å². The van der Waals surface area contributed by atoms with E-state index in [0.717, 1.165) is 5.75 Å². The molecule has 1 heterocycles. The number of nitrogens with zero attached hydrogens (tertiary/aromatic N) is 1. The van der Waals surface area contributed by atoms with E-state index in [1.165, 1.54) is 33.4 Å². The molecular formula is C17H20BNO. The van der Waals surface area contributed by atoms with Crippen molar-refractivity contribution in [3.63, 3.8) is 0 Å². The number of benzene rings is 2. The van der Waals surface area contributed by atoms with Gasteiger partial charge < -0.3 is 9.47 Å². The molecular weight excluding hydrogens is 245 g/mol. The zero-order valence-electron chi connectivity index (χ0n) is 12.8. The summed E-state index contributed by atoms with van der Waals surface area (Å²) in [7, 11) is 2.08. The van der Waals surface area contributed by atoms with Gasteiger partial charge in [0.05, 0.1) is 5.69 Å². The Labute approximate surface area is 121 Å². The Balaban J connectivity index is 2.06. The molecule has 3 heteroatoms. The molecule has 2 nitrogen and oxygen atoms in total. The summed E-state index contributed by atoms with van der Waals surface area (Å²) in [6.45, 7) is 8.57. The fourth-order valence-electron chi connectivity index (χ4n) is 3.17. The normalized spacial score (nSPS) is 13.4. The number of anilines is 1. The second-order valence-corrected chi connectivity index (χ2v) is 5.86. The Morgan fingerprint density at radius 1 is 0.900 bits per heavy atom. The molecule has 1 aliphatic rings. The van der Waals surface area contributed by atoms with Crippen LogP contribution in [0.4, 0.5) is 5.69 Å². The quantitative estimate of drug-likeness (QED) is 0.734. The van der Waals surface area contributed by atoms with Crippen molar-refractivity contribution in [2.45, 2.75) is 27.7 Å². The maximum absolute atomic E-state index is 6.21. The summed E-state index contributed by atoms with van der Waals surface area (Å²) in [6.07, 6.45) is 0. The molecule has 102 valence electrons. The molecule has 0 unspecified atom stereocenters. The lowest BCUT2D eigenvalue weighted by atomic mass is 9.67. The van der Waals surface area contributed by atoms with Gasteiger partial charge in [0, 0.05) is 0 Å². The zero-order valence-corrected chi connectivity index (χ0v) is 12.8. The third kappa shape index (κ3) is 1.98. The summed E-state index contributed by atoms with van der Waals surface area (Å²) >= 11 is 0. The molecule has 0 saturated heterocycles. The molecule has 0 atom stereocenters. The molecule has 0 N–H and O–H groups in total. The highest BCUT2D eigenvalue weighted by atomic mass is 16.5. The SMILES string of the molecule is Cc1cc(C)c(B2Oc3cc(C)ccc3N2C)c(C)c1. The first-order chi connectivity index (χ1) is 9.47. The van der Waals surface area contributed by atoms with Crippen molar-refractivity contribution in [1.82, 2.24) is 0 Å². The first kappa shape index (κ1) is 13.1. The highest BCUT2D eigenvalue weighted by Gasteiger charge is 2.37. The van der Waals surface area contributed by atoms with Crippen LogP contribution < -0.4 is 14.9 Å².